The predicted molar refractivity (Wildman–Crippen MR) is 72.6 cm³/mol. The average Bonchev–Trinajstić information content (AvgIpc) is 2.46. The highest BCUT2D eigenvalue weighted by Crippen LogP contribution is 2.34. The number of hydrogen-bond acceptors (Lipinski definition) is 2. The number of pyridine rings is 1. The molecule has 0 saturated carbocycles. The molecular weight excluding hydrogens is 279 g/mol. The van der Waals surface area contributed by atoms with Gasteiger partial charge in [0.2, 0.25) is 0 Å². The van der Waals surface area contributed by atoms with Crippen LogP contribution in [0.2, 0.25) is 0 Å². The van der Waals surface area contributed by atoms with Crippen LogP contribution in [0.15, 0.2) is 36.5 Å². The number of alkyl halides is 3. The first-order valence-corrected chi connectivity index (χ1v) is 6.79. The van der Waals surface area contributed by atoms with E-state index in [1.165, 1.54) is 12.3 Å². The van der Waals surface area contributed by atoms with E-state index in [4.69, 9.17) is 0 Å². The number of benzene rings is 1. The fourth-order valence-electron chi connectivity index (χ4n) is 2.68. The van der Waals surface area contributed by atoms with Crippen molar-refractivity contribution in [2.75, 3.05) is 0 Å². The number of halogens is 3. The summed E-state index contributed by atoms with van der Waals surface area (Å²) >= 11 is 0. The standard InChI is InChI=1S/C16H14F3NO/c17-16(18,19)13-5-1-3-10(8-13)12-7-11-4-2-6-14(21)15(11)20-9-12/h1,3,5,7-9,14,21H,2,4,6H2. The van der Waals surface area contributed by atoms with Gasteiger partial charge in [-0.2, -0.15) is 13.2 Å². The zero-order chi connectivity index (χ0) is 15.0. The van der Waals surface area contributed by atoms with Gasteiger partial charge in [0.25, 0.3) is 0 Å². The molecule has 1 atom stereocenters. The van der Waals surface area contributed by atoms with Crippen LogP contribution in [-0.4, -0.2) is 10.1 Å². The van der Waals surface area contributed by atoms with Gasteiger partial charge in [0.1, 0.15) is 0 Å². The van der Waals surface area contributed by atoms with Crippen molar-refractivity contribution in [2.24, 2.45) is 0 Å². The zero-order valence-corrected chi connectivity index (χ0v) is 11.2. The summed E-state index contributed by atoms with van der Waals surface area (Å²) in [7, 11) is 0. The summed E-state index contributed by atoms with van der Waals surface area (Å²) < 4.78 is 38.3. The second-order valence-corrected chi connectivity index (χ2v) is 5.25. The molecule has 1 aromatic heterocycles. The maximum absolute atomic E-state index is 12.8. The number of hydrogen-bond donors (Lipinski definition) is 1. The number of aliphatic hydroxyl groups excluding tert-OH is 1. The van der Waals surface area contributed by atoms with Crippen LogP contribution in [0.1, 0.15) is 35.8 Å². The van der Waals surface area contributed by atoms with Gasteiger partial charge in [0, 0.05) is 11.8 Å². The number of fused-ring (bicyclic) bond motifs is 1. The van der Waals surface area contributed by atoms with Crippen LogP contribution in [0.4, 0.5) is 13.2 Å². The van der Waals surface area contributed by atoms with Gasteiger partial charge in [-0.1, -0.05) is 12.1 Å². The van der Waals surface area contributed by atoms with Crippen LogP contribution in [0.3, 0.4) is 0 Å². The Bertz CT molecular complexity index is 667. The van der Waals surface area contributed by atoms with Gasteiger partial charge >= 0.3 is 6.18 Å². The molecule has 2 nitrogen and oxygen atoms in total. The average molecular weight is 293 g/mol. The van der Waals surface area contributed by atoms with E-state index in [9.17, 15) is 18.3 Å². The van der Waals surface area contributed by atoms with Crippen molar-refractivity contribution in [2.45, 2.75) is 31.5 Å². The first-order chi connectivity index (χ1) is 9.95. The van der Waals surface area contributed by atoms with Crippen LogP contribution in [0, 0.1) is 0 Å². The minimum Gasteiger partial charge on any atom is -0.387 e. The van der Waals surface area contributed by atoms with Crippen LogP contribution in [0.25, 0.3) is 11.1 Å². The van der Waals surface area contributed by atoms with E-state index in [1.807, 2.05) is 6.07 Å². The Morgan fingerprint density at radius 1 is 1.14 bits per heavy atom. The van der Waals surface area contributed by atoms with E-state index in [-0.39, 0.29) is 0 Å². The summed E-state index contributed by atoms with van der Waals surface area (Å²) in [5.41, 5.74) is 2.03. The molecule has 1 N–H and O–H groups in total. The molecular formula is C16H14F3NO. The van der Waals surface area contributed by atoms with E-state index in [1.54, 1.807) is 6.07 Å². The smallest absolute Gasteiger partial charge is 0.387 e. The Balaban J connectivity index is 2.02. The third kappa shape index (κ3) is 2.78. The molecule has 1 heterocycles. The summed E-state index contributed by atoms with van der Waals surface area (Å²) in [6.07, 6.45) is -1.04. The summed E-state index contributed by atoms with van der Waals surface area (Å²) in [5.74, 6) is 0. The third-order valence-electron chi connectivity index (χ3n) is 3.76. The number of nitrogens with zero attached hydrogens (tertiary/aromatic N) is 1. The van der Waals surface area contributed by atoms with E-state index >= 15 is 0 Å². The summed E-state index contributed by atoms with van der Waals surface area (Å²) in [5, 5.41) is 9.86. The van der Waals surface area contributed by atoms with Gasteiger partial charge in [-0.3, -0.25) is 4.98 Å². The largest absolute Gasteiger partial charge is 0.416 e. The molecule has 21 heavy (non-hydrogen) atoms. The molecule has 0 aliphatic heterocycles. The van der Waals surface area contributed by atoms with E-state index in [0.29, 0.717) is 23.2 Å². The lowest BCUT2D eigenvalue weighted by Gasteiger charge is -2.20. The lowest BCUT2D eigenvalue weighted by molar-refractivity contribution is -0.137. The molecule has 0 fully saturated rings. The number of aryl methyl sites for hydroxylation is 1. The first kappa shape index (κ1) is 14.1. The molecule has 1 aromatic carbocycles. The van der Waals surface area contributed by atoms with Crippen LogP contribution >= 0.6 is 0 Å². The number of aromatic nitrogens is 1. The number of aliphatic hydroxyl groups is 1. The number of rotatable bonds is 1. The van der Waals surface area contributed by atoms with Crippen LogP contribution in [0.5, 0.6) is 0 Å². The highest BCUT2D eigenvalue weighted by atomic mass is 19.4. The molecule has 0 amide bonds. The lowest BCUT2D eigenvalue weighted by Crippen LogP contribution is -2.11. The molecule has 1 unspecified atom stereocenters. The van der Waals surface area contributed by atoms with Gasteiger partial charge in [-0.05, 0) is 48.6 Å². The molecule has 3 rings (SSSR count). The molecule has 0 saturated heterocycles. The Kier molecular flexibility index (Phi) is 3.45. The molecule has 2 aromatic rings. The van der Waals surface area contributed by atoms with Crippen LogP contribution < -0.4 is 0 Å². The second kappa shape index (κ2) is 5.15. The molecule has 1 aliphatic rings. The molecule has 0 spiro atoms. The molecule has 110 valence electrons. The monoisotopic (exact) mass is 293 g/mol. The SMILES string of the molecule is OC1CCCc2cc(-c3cccc(C(F)(F)F)c3)cnc21. The first-order valence-electron chi connectivity index (χ1n) is 6.79. The highest BCUT2D eigenvalue weighted by Gasteiger charge is 2.30. The normalized spacial score (nSPS) is 18.4. The molecule has 1 aliphatic carbocycles. The summed E-state index contributed by atoms with van der Waals surface area (Å²) in [4.78, 5) is 4.24. The maximum atomic E-state index is 12.8. The van der Waals surface area contributed by atoms with Gasteiger partial charge < -0.3 is 5.11 Å². The minimum absolute atomic E-state index is 0.486. The highest BCUT2D eigenvalue weighted by molar-refractivity contribution is 5.64. The Labute approximate surface area is 120 Å². The Hall–Kier alpha value is -1.88. The van der Waals surface area contributed by atoms with Crippen molar-refractivity contribution in [3.05, 3.63) is 53.3 Å². The fraction of sp³-hybridized carbons (Fsp3) is 0.312. The molecule has 0 bridgehead atoms. The minimum atomic E-state index is -4.35. The van der Waals surface area contributed by atoms with Gasteiger partial charge in [0.05, 0.1) is 17.4 Å². The summed E-state index contributed by atoms with van der Waals surface area (Å²) in [6.45, 7) is 0. The van der Waals surface area contributed by atoms with Crippen molar-refractivity contribution in [1.29, 1.82) is 0 Å². The van der Waals surface area contributed by atoms with Gasteiger partial charge in [0.15, 0.2) is 0 Å². The predicted octanol–water partition coefficient (Wildman–Crippen LogP) is 4.14. The van der Waals surface area contributed by atoms with E-state index < -0.39 is 17.8 Å². The maximum Gasteiger partial charge on any atom is 0.416 e. The van der Waals surface area contributed by atoms with E-state index in [0.717, 1.165) is 30.5 Å². The Morgan fingerprint density at radius 2 is 1.95 bits per heavy atom. The lowest BCUT2D eigenvalue weighted by atomic mass is 9.91. The topological polar surface area (TPSA) is 33.1 Å². The zero-order valence-electron chi connectivity index (χ0n) is 11.2. The van der Waals surface area contributed by atoms with E-state index in [2.05, 4.69) is 4.98 Å². The summed E-state index contributed by atoms with van der Waals surface area (Å²) in [6, 6.07) is 7.05. The quantitative estimate of drug-likeness (QED) is 0.857. The van der Waals surface area contributed by atoms with Crippen LogP contribution in [-0.2, 0) is 12.6 Å². The van der Waals surface area contributed by atoms with Crippen molar-refractivity contribution in [3.63, 3.8) is 0 Å². The third-order valence-corrected chi connectivity index (χ3v) is 3.76. The Morgan fingerprint density at radius 3 is 2.71 bits per heavy atom. The fourth-order valence-corrected chi connectivity index (χ4v) is 2.68. The van der Waals surface area contributed by atoms with Crippen molar-refractivity contribution < 1.29 is 18.3 Å². The van der Waals surface area contributed by atoms with Gasteiger partial charge in [-0.25, -0.2) is 0 Å². The second-order valence-electron chi connectivity index (χ2n) is 5.25. The van der Waals surface area contributed by atoms with Gasteiger partial charge in [-0.15, -0.1) is 0 Å². The van der Waals surface area contributed by atoms with Crippen molar-refractivity contribution in [3.8, 4) is 11.1 Å². The van der Waals surface area contributed by atoms with Crippen molar-refractivity contribution >= 4 is 0 Å². The molecule has 5 heteroatoms. The molecule has 0 radical (unpaired) electrons. The van der Waals surface area contributed by atoms with Crippen molar-refractivity contribution in [1.82, 2.24) is 4.98 Å².